The van der Waals surface area contributed by atoms with Gasteiger partial charge in [0.2, 0.25) is 0 Å². The van der Waals surface area contributed by atoms with E-state index in [-0.39, 0.29) is 37.7 Å². The Morgan fingerprint density at radius 3 is 0.667 bits per heavy atom. The molecular weight excluding hydrogens is 61.9 g/mol. The molecule has 20 valence electrons. The standard InChI is InChI=1S/2C2H.2Li/c2*1-2;;/h2*1H;;/q2*-1;2*+1. The van der Waals surface area contributed by atoms with Gasteiger partial charge < -0.3 is 25.7 Å². The van der Waals surface area contributed by atoms with E-state index in [1.165, 1.54) is 0 Å². The normalized spacial score (nSPS) is 0.667. The molecule has 0 unspecified atom stereocenters. The molecule has 0 aliphatic carbocycles. The molecule has 0 aromatic carbocycles. The molecule has 0 aromatic rings. The van der Waals surface area contributed by atoms with Crippen molar-refractivity contribution in [2.24, 2.45) is 0 Å². The molecule has 0 atom stereocenters. The zero-order chi connectivity index (χ0) is 4.00. The van der Waals surface area contributed by atoms with Gasteiger partial charge >= 0.3 is 37.7 Å². The molecule has 0 aliphatic rings. The third-order valence-electron chi connectivity index (χ3n) is 0. The summed E-state index contributed by atoms with van der Waals surface area (Å²) in [7, 11) is 0. The Labute approximate surface area is 63.4 Å². The van der Waals surface area contributed by atoms with Gasteiger partial charge in [-0.2, -0.15) is 0 Å². The van der Waals surface area contributed by atoms with Crippen LogP contribution in [0.15, 0.2) is 0 Å². The third kappa shape index (κ3) is 478. The summed E-state index contributed by atoms with van der Waals surface area (Å²) in [5.74, 6) is 0. The molecule has 0 bridgehead atoms. The van der Waals surface area contributed by atoms with Crippen molar-refractivity contribution in [1.82, 2.24) is 0 Å². The Hall–Kier alpha value is 0.315. The van der Waals surface area contributed by atoms with Crippen molar-refractivity contribution in [2.75, 3.05) is 0 Å². The fraction of sp³-hybridized carbons (Fsp3) is 0. The van der Waals surface area contributed by atoms with Crippen LogP contribution >= 0.6 is 0 Å². The summed E-state index contributed by atoms with van der Waals surface area (Å²) < 4.78 is 0. The van der Waals surface area contributed by atoms with Crippen molar-refractivity contribution in [3.63, 3.8) is 0 Å². The van der Waals surface area contributed by atoms with Gasteiger partial charge in [-0.3, -0.25) is 0 Å². The maximum Gasteiger partial charge on any atom is 1.00 e. The van der Waals surface area contributed by atoms with E-state index in [4.69, 9.17) is 12.8 Å². The molecule has 2 heteroatoms. The quantitative estimate of drug-likeness (QED) is 0.150. The van der Waals surface area contributed by atoms with Crippen LogP contribution in [-0.2, 0) is 0 Å². The Bertz CT molecular complexity index is 21.0. The Morgan fingerprint density at radius 2 is 0.667 bits per heavy atom. The summed E-state index contributed by atoms with van der Waals surface area (Å²) in [6, 6.07) is 0. The van der Waals surface area contributed by atoms with E-state index in [2.05, 4.69) is 12.8 Å². The molecule has 0 heterocycles. The van der Waals surface area contributed by atoms with Crippen LogP contribution in [0.25, 0.3) is 0 Å². The van der Waals surface area contributed by atoms with Crippen LogP contribution in [0, 0.1) is 25.7 Å². The number of hydrogen-bond donors (Lipinski definition) is 0. The van der Waals surface area contributed by atoms with Crippen molar-refractivity contribution in [3.05, 3.63) is 12.8 Å². The summed E-state index contributed by atoms with van der Waals surface area (Å²) in [5, 5.41) is 0. The first-order valence-electron chi connectivity index (χ1n) is 0.577. The number of rotatable bonds is 0. The number of hydrogen-bond acceptors (Lipinski definition) is 0. The van der Waals surface area contributed by atoms with E-state index in [9.17, 15) is 0 Å². The Balaban J connectivity index is -0.00000000500. The summed E-state index contributed by atoms with van der Waals surface area (Å²) in [6.07, 6.45) is 18.0. The van der Waals surface area contributed by atoms with E-state index >= 15 is 0 Å². The Morgan fingerprint density at radius 1 is 0.667 bits per heavy atom. The maximum atomic E-state index is 5.25. The molecule has 0 spiro atoms. The fourth-order valence-electron chi connectivity index (χ4n) is 0. The first-order chi connectivity index (χ1) is 2.00. The van der Waals surface area contributed by atoms with Gasteiger partial charge in [0.25, 0.3) is 0 Å². The van der Waals surface area contributed by atoms with Gasteiger partial charge in [-0.15, -0.1) is 0 Å². The van der Waals surface area contributed by atoms with Crippen molar-refractivity contribution in [1.29, 1.82) is 0 Å². The van der Waals surface area contributed by atoms with Gasteiger partial charge in [0.05, 0.1) is 0 Å². The average Bonchev–Trinajstić information content (AvgIpc) is 1.50. The molecule has 0 radical (unpaired) electrons. The molecule has 0 saturated carbocycles. The summed E-state index contributed by atoms with van der Waals surface area (Å²) >= 11 is 0. The maximum absolute atomic E-state index is 5.25. The average molecular weight is 63.9 g/mol. The van der Waals surface area contributed by atoms with Crippen molar-refractivity contribution < 1.29 is 37.7 Å². The minimum absolute atomic E-state index is 0. The van der Waals surface area contributed by atoms with Crippen LogP contribution in [0.1, 0.15) is 0 Å². The molecular formula is C4H2Li2. The van der Waals surface area contributed by atoms with Gasteiger partial charge in [-0.1, -0.05) is 0 Å². The zero-order valence-electron chi connectivity index (χ0n) is 4.15. The largest absolute Gasteiger partial charge is 1.00 e. The molecule has 0 N–H and O–H groups in total. The van der Waals surface area contributed by atoms with Crippen LogP contribution < -0.4 is 37.7 Å². The second-order valence-corrected chi connectivity index (χ2v) is 0. The van der Waals surface area contributed by atoms with E-state index in [1.807, 2.05) is 0 Å². The van der Waals surface area contributed by atoms with Gasteiger partial charge in [0.1, 0.15) is 0 Å². The second kappa shape index (κ2) is 998. The monoisotopic (exact) mass is 64.0 g/mol. The minimum Gasteiger partial charge on any atom is -0.697 e. The van der Waals surface area contributed by atoms with Crippen LogP contribution in [0.5, 0.6) is 0 Å². The molecule has 0 amide bonds. The zero-order valence-corrected chi connectivity index (χ0v) is 4.15. The predicted octanol–water partition coefficient (Wildman–Crippen LogP) is -5.58. The van der Waals surface area contributed by atoms with Gasteiger partial charge in [0, 0.05) is 0 Å². The molecule has 0 nitrogen and oxygen atoms in total. The summed E-state index contributed by atoms with van der Waals surface area (Å²) in [6.45, 7) is 0. The van der Waals surface area contributed by atoms with E-state index in [0.29, 0.717) is 0 Å². The molecule has 6 heavy (non-hydrogen) atoms. The van der Waals surface area contributed by atoms with E-state index in [1.54, 1.807) is 0 Å². The van der Waals surface area contributed by atoms with Crippen LogP contribution in [0.2, 0.25) is 0 Å². The van der Waals surface area contributed by atoms with Crippen LogP contribution in [0.3, 0.4) is 0 Å². The summed E-state index contributed by atoms with van der Waals surface area (Å²) in [5.41, 5.74) is 0. The summed E-state index contributed by atoms with van der Waals surface area (Å²) in [4.78, 5) is 0. The second-order valence-electron chi connectivity index (χ2n) is 0. The Kier molecular flexibility index (Phi) is 5540. The topological polar surface area (TPSA) is 0 Å². The predicted molar refractivity (Wildman–Crippen MR) is 16.4 cm³/mol. The third-order valence-corrected chi connectivity index (χ3v) is 0. The SMILES string of the molecule is [C-]#C.[C-]#C.[Li+].[Li+]. The smallest absolute Gasteiger partial charge is 0.697 e. The van der Waals surface area contributed by atoms with Crippen molar-refractivity contribution in [3.8, 4) is 12.8 Å². The number of terminal acetylenes is 2. The molecule has 0 aliphatic heterocycles. The first kappa shape index (κ1) is 33.3. The molecule has 0 fully saturated rings. The minimum atomic E-state index is 0. The van der Waals surface area contributed by atoms with Crippen LogP contribution in [0.4, 0.5) is 0 Å². The van der Waals surface area contributed by atoms with Gasteiger partial charge in [-0.05, 0) is 0 Å². The fourth-order valence-corrected chi connectivity index (χ4v) is 0. The van der Waals surface area contributed by atoms with Crippen molar-refractivity contribution in [2.45, 2.75) is 0 Å². The molecule has 0 aromatic heterocycles. The first-order valence-corrected chi connectivity index (χ1v) is 0.577. The molecule has 0 saturated heterocycles. The van der Waals surface area contributed by atoms with Crippen molar-refractivity contribution >= 4 is 0 Å². The molecule has 0 rings (SSSR count). The van der Waals surface area contributed by atoms with Gasteiger partial charge in [-0.25, -0.2) is 0 Å². The van der Waals surface area contributed by atoms with Crippen LogP contribution in [-0.4, -0.2) is 0 Å². The van der Waals surface area contributed by atoms with E-state index < -0.39 is 0 Å². The van der Waals surface area contributed by atoms with Gasteiger partial charge in [0.15, 0.2) is 0 Å². The van der Waals surface area contributed by atoms with E-state index in [0.717, 1.165) is 0 Å².